The number of benzene rings is 1. The molecule has 0 fully saturated rings. The van der Waals surface area contributed by atoms with Gasteiger partial charge in [-0.05, 0) is 34.5 Å². The van der Waals surface area contributed by atoms with Gasteiger partial charge in [0.25, 0.3) is 0 Å². The Kier molecular flexibility index (Phi) is 3.52. The van der Waals surface area contributed by atoms with Crippen LogP contribution in [0.15, 0.2) is 16.6 Å². The van der Waals surface area contributed by atoms with Crippen LogP contribution in [0.2, 0.25) is 0 Å². The van der Waals surface area contributed by atoms with Crippen molar-refractivity contribution in [1.82, 2.24) is 0 Å². The van der Waals surface area contributed by atoms with Crippen molar-refractivity contribution < 1.29 is 14.6 Å². The Morgan fingerprint density at radius 2 is 2.21 bits per heavy atom. The van der Waals surface area contributed by atoms with Gasteiger partial charge in [0.05, 0.1) is 18.0 Å². The Hall–Kier alpha value is -1.03. The van der Waals surface area contributed by atoms with Crippen molar-refractivity contribution in [3.05, 3.63) is 27.7 Å². The number of methoxy groups -OCH3 is 1. The smallest absolute Gasteiger partial charge is 0.307 e. The van der Waals surface area contributed by atoms with E-state index in [1.807, 2.05) is 19.1 Å². The summed E-state index contributed by atoms with van der Waals surface area (Å²) in [6, 6.07) is 3.71. The van der Waals surface area contributed by atoms with Crippen LogP contribution in [-0.4, -0.2) is 18.2 Å². The zero-order valence-corrected chi connectivity index (χ0v) is 9.59. The summed E-state index contributed by atoms with van der Waals surface area (Å²) >= 11 is 3.31. The van der Waals surface area contributed by atoms with E-state index in [-0.39, 0.29) is 6.42 Å². The summed E-state index contributed by atoms with van der Waals surface area (Å²) in [4.78, 5) is 10.6. The second-order valence-electron chi connectivity index (χ2n) is 2.95. The molecule has 0 saturated heterocycles. The average molecular weight is 259 g/mol. The molecule has 0 spiro atoms. The highest BCUT2D eigenvalue weighted by molar-refractivity contribution is 9.10. The first-order valence-corrected chi connectivity index (χ1v) is 4.89. The van der Waals surface area contributed by atoms with Gasteiger partial charge in [-0.1, -0.05) is 6.07 Å². The van der Waals surface area contributed by atoms with Crippen molar-refractivity contribution in [1.29, 1.82) is 0 Å². The quantitative estimate of drug-likeness (QED) is 0.906. The summed E-state index contributed by atoms with van der Waals surface area (Å²) in [6.07, 6.45) is -0.0194. The van der Waals surface area contributed by atoms with Crippen LogP contribution in [0, 0.1) is 6.92 Å². The van der Waals surface area contributed by atoms with E-state index in [1.165, 1.54) is 7.11 Å². The predicted octanol–water partition coefficient (Wildman–Crippen LogP) is 2.39. The van der Waals surface area contributed by atoms with Gasteiger partial charge in [0.1, 0.15) is 5.75 Å². The molecule has 14 heavy (non-hydrogen) atoms. The van der Waals surface area contributed by atoms with Crippen LogP contribution in [0.3, 0.4) is 0 Å². The fraction of sp³-hybridized carbons (Fsp3) is 0.300. The van der Waals surface area contributed by atoms with Gasteiger partial charge in [-0.2, -0.15) is 0 Å². The Morgan fingerprint density at radius 3 is 2.71 bits per heavy atom. The van der Waals surface area contributed by atoms with Gasteiger partial charge in [0, 0.05) is 5.56 Å². The molecule has 3 nitrogen and oxygen atoms in total. The van der Waals surface area contributed by atoms with Crippen LogP contribution in [-0.2, 0) is 11.2 Å². The Bertz CT molecular complexity index is 361. The van der Waals surface area contributed by atoms with E-state index in [0.717, 1.165) is 15.6 Å². The second kappa shape index (κ2) is 4.46. The Morgan fingerprint density at radius 1 is 1.57 bits per heavy atom. The lowest BCUT2D eigenvalue weighted by atomic mass is 10.0. The Labute approximate surface area is 90.8 Å². The summed E-state index contributed by atoms with van der Waals surface area (Å²) < 4.78 is 5.93. The number of hydrogen-bond donors (Lipinski definition) is 1. The molecule has 4 heteroatoms. The van der Waals surface area contributed by atoms with Gasteiger partial charge in [0.15, 0.2) is 0 Å². The molecule has 1 aromatic carbocycles. The van der Waals surface area contributed by atoms with Crippen molar-refractivity contribution in [2.24, 2.45) is 0 Å². The second-order valence-corrected chi connectivity index (χ2v) is 3.80. The molecular formula is C10H11BrO3. The van der Waals surface area contributed by atoms with Gasteiger partial charge in [0.2, 0.25) is 0 Å². The molecule has 0 atom stereocenters. The number of rotatable bonds is 3. The standard InChI is InChI=1S/C10H11BrO3/c1-6-3-4-8(11)10(14-2)7(6)5-9(12)13/h3-4H,5H2,1-2H3,(H,12,13). The highest BCUT2D eigenvalue weighted by Gasteiger charge is 2.13. The van der Waals surface area contributed by atoms with Crippen molar-refractivity contribution in [3.63, 3.8) is 0 Å². The van der Waals surface area contributed by atoms with Gasteiger partial charge < -0.3 is 9.84 Å². The number of hydrogen-bond acceptors (Lipinski definition) is 2. The van der Waals surface area contributed by atoms with Crippen LogP contribution >= 0.6 is 15.9 Å². The van der Waals surface area contributed by atoms with E-state index < -0.39 is 5.97 Å². The van der Waals surface area contributed by atoms with Gasteiger partial charge in [-0.3, -0.25) is 4.79 Å². The minimum Gasteiger partial charge on any atom is -0.495 e. The molecule has 0 aliphatic rings. The first-order valence-electron chi connectivity index (χ1n) is 4.10. The number of carboxylic acids is 1. The molecule has 76 valence electrons. The van der Waals surface area contributed by atoms with Crippen molar-refractivity contribution >= 4 is 21.9 Å². The van der Waals surface area contributed by atoms with Crippen molar-refractivity contribution in [2.45, 2.75) is 13.3 Å². The van der Waals surface area contributed by atoms with Gasteiger partial charge in [-0.15, -0.1) is 0 Å². The highest BCUT2D eigenvalue weighted by atomic mass is 79.9. The summed E-state index contributed by atoms with van der Waals surface area (Å²) in [6.45, 7) is 1.87. The van der Waals surface area contributed by atoms with E-state index >= 15 is 0 Å². The van der Waals surface area contributed by atoms with Gasteiger partial charge in [-0.25, -0.2) is 0 Å². The third-order valence-corrected chi connectivity index (χ3v) is 2.60. The summed E-state index contributed by atoms with van der Waals surface area (Å²) in [5.74, 6) is -0.253. The maximum absolute atomic E-state index is 10.6. The number of ether oxygens (including phenoxy) is 1. The number of halogens is 1. The minimum atomic E-state index is -0.857. The summed E-state index contributed by atoms with van der Waals surface area (Å²) in [5, 5.41) is 8.73. The fourth-order valence-corrected chi connectivity index (χ4v) is 1.82. The molecule has 0 aliphatic heterocycles. The van der Waals surface area contributed by atoms with E-state index in [4.69, 9.17) is 9.84 Å². The lowest BCUT2D eigenvalue weighted by molar-refractivity contribution is -0.136. The third kappa shape index (κ3) is 2.26. The Balaban J connectivity index is 3.22. The molecule has 1 aromatic rings. The van der Waals surface area contributed by atoms with Crippen LogP contribution in [0.25, 0.3) is 0 Å². The number of aliphatic carboxylic acids is 1. The maximum atomic E-state index is 10.6. The molecule has 0 saturated carbocycles. The van der Waals surface area contributed by atoms with Crippen molar-refractivity contribution in [3.8, 4) is 5.75 Å². The zero-order chi connectivity index (χ0) is 10.7. The fourth-order valence-electron chi connectivity index (χ4n) is 1.29. The normalized spacial score (nSPS) is 9.93. The van der Waals surface area contributed by atoms with E-state index in [2.05, 4.69) is 15.9 Å². The molecule has 1 rings (SSSR count). The van der Waals surface area contributed by atoms with E-state index in [9.17, 15) is 4.79 Å². The lowest BCUT2D eigenvalue weighted by Crippen LogP contribution is -2.04. The molecule has 0 aromatic heterocycles. The summed E-state index contributed by atoms with van der Waals surface area (Å²) in [5.41, 5.74) is 1.64. The summed E-state index contributed by atoms with van der Waals surface area (Å²) in [7, 11) is 1.53. The molecule has 0 radical (unpaired) electrons. The molecule has 0 heterocycles. The molecule has 0 bridgehead atoms. The molecule has 0 unspecified atom stereocenters. The number of aryl methyl sites for hydroxylation is 1. The van der Waals surface area contributed by atoms with E-state index in [0.29, 0.717) is 5.75 Å². The topological polar surface area (TPSA) is 46.5 Å². The predicted molar refractivity (Wildman–Crippen MR) is 56.8 cm³/mol. The molecule has 0 aliphatic carbocycles. The van der Waals surface area contributed by atoms with Crippen molar-refractivity contribution in [2.75, 3.05) is 7.11 Å². The average Bonchev–Trinajstić information content (AvgIpc) is 2.11. The first-order chi connectivity index (χ1) is 6.56. The SMILES string of the molecule is COc1c(Br)ccc(C)c1CC(=O)O. The number of carbonyl (C=O) groups is 1. The molecule has 0 amide bonds. The zero-order valence-electron chi connectivity index (χ0n) is 8.00. The van der Waals surface area contributed by atoms with Crippen LogP contribution in [0.1, 0.15) is 11.1 Å². The minimum absolute atomic E-state index is 0.0194. The number of carboxylic acid groups (broad SMARTS) is 1. The van der Waals surface area contributed by atoms with Gasteiger partial charge >= 0.3 is 5.97 Å². The monoisotopic (exact) mass is 258 g/mol. The third-order valence-electron chi connectivity index (χ3n) is 1.98. The molecular weight excluding hydrogens is 248 g/mol. The van der Waals surface area contributed by atoms with Crippen LogP contribution < -0.4 is 4.74 Å². The van der Waals surface area contributed by atoms with E-state index in [1.54, 1.807) is 0 Å². The molecule has 1 N–H and O–H groups in total. The van der Waals surface area contributed by atoms with Crippen LogP contribution in [0.4, 0.5) is 0 Å². The maximum Gasteiger partial charge on any atom is 0.307 e. The first kappa shape index (κ1) is 11.0. The highest BCUT2D eigenvalue weighted by Crippen LogP contribution is 2.31. The lowest BCUT2D eigenvalue weighted by Gasteiger charge is -2.11. The van der Waals surface area contributed by atoms with Crippen LogP contribution in [0.5, 0.6) is 5.75 Å². The largest absolute Gasteiger partial charge is 0.495 e.